The third kappa shape index (κ3) is 16.4. The molecule has 0 saturated carbocycles. The molecule has 0 aliphatic carbocycles. The number of hydrogen-bond donors (Lipinski definition) is 1. The van der Waals surface area contributed by atoms with Crippen molar-refractivity contribution in [1.82, 2.24) is 0 Å². The van der Waals surface area contributed by atoms with Crippen LogP contribution in [0.1, 0.15) is 58.3 Å². The van der Waals surface area contributed by atoms with Crippen molar-refractivity contribution >= 4 is 5.97 Å². The summed E-state index contributed by atoms with van der Waals surface area (Å²) in [6.45, 7) is 2.14. The minimum absolute atomic E-state index is 0.285. The quantitative estimate of drug-likeness (QED) is 0.381. The maximum atomic E-state index is 10.3. The summed E-state index contributed by atoms with van der Waals surface area (Å²) in [6.07, 6.45) is 24.4. The summed E-state index contributed by atoms with van der Waals surface area (Å²) < 4.78 is 0. The first-order valence-corrected chi connectivity index (χ1v) is 7.59. The van der Waals surface area contributed by atoms with Gasteiger partial charge < -0.3 is 5.11 Å². The predicted octanol–water partition coefficient (Wildman–Crippen LogP) is 5.44. The second kappa shape index (κ2) is 15.5. The van der Waals surface area contributed by atoms with Crippen LogP contribution >= 0.6 is 0 Å². The van der Waals surface area contributed by atoms with E-state index >= 15 is 0 Å². The molecule has 0 fully saturated rings. The first-order valence-electron chi connectivity index (χ1n) is 7.59. The van der Waals surface area contributed by atoms with Gasteiger partial charge in [0.15, 0.2) is 0 Å². The van der Waals surface area contributed by atoms with Crippen LogP contribution < -0.4 is 0 Å². The molecule has 0 aliphatic rings. The number of carboxylic acids is 1. The average Bonchev–Trinajstić information content (AvgIpc) is 2.43. The van der Waals surface area contributed by atoms with Gasteiger partial charge in [-0.15, -0.1) is 0 Å². The van der Waals surface area contributed by atoms with Gasteiger partial charge in [0.05, 0.1) is 0 Å². The van der Waals surface area contributed by atoms with E-state index in [4.69, 9.17) is 5.11 Å². The zero-order valence-electron chi connectivity index (χ0n) is 12.6. The lowest BCUT2D eigenvalue weighted by molar-refractivity contribution is -0.137. The number of unbranched alkanes of at least 4 members (excludes halogenated alkanes) is 2. The molecule has 0 bridgehead atoms. The molecule has 0 radical (unpaired) electrons. The van der Waals surface area contributed by atoms with Gasteiger partial charge in [-0.2, -0.15) is 0 Å². The van der Waals surface area contributed by atoms with E-state index in [1.54, 1.807) is 0 Å². The van der Waals surface area contributed by atoms with Crippen LogP contribution in [0.2, 0.25) is 0 Å². The molecule has 0 aromatic heterocycles. The molecule has 20 heavy (non-hydrogen) atoms. The monoisotopic (exact) mass is 276 g/mol. The summed E-state index contributed by atoms with van der Waals surface area (Å²) in [5.41, 5.74) is 0. The fourth-order valence-electron chi connectivity index (χ4n) is 1.64. The van der Waals surface area contributed by atoms with E-state index in [0.717, 1.165) is 44.9 Å². The number of rotatable bonds is 12. The van der Waals surface area contributed by atoms with Gasteiger partial charge in [-0.05, 0) is 44.9 Å². The smallest absolute Gasteiger partial charge is 0.303 e. The Balaban J connectivity index is 3.38. The molecule has 0 saturated heterocycles. The van der Waals surface area contributed by atoms with Crippen molar-refractivity contribution in [1.29, 1.82) is 0 Å². The van der Waals surface area contributed by atoms with E-state index in [9.17, 15) is 4.79 Å². The molecular weight excluding hydrogens is 248 g/mol. The van der Waals surface area contributed by atoms with Crippen LogP contribution in [-0.4, -0.2) is 11.1 Å². The highest BCUT2D eigenvalue weighted by Gasteiger charge is 1.93. The number of carbonyl (C=O) groups is 1. The summed E-state index contributed by atoms with van der Waals surface area (Å²) in [7, 11) is 0. The van der Waals surface area contributed by atoms with Gasteiger partial charge in [-0.3, -0.25) is 4.79 Å². The summed E-state index contributed by atoms with van der Waals surface area (Å²) in [6, 6.07) is 0. The third-order valence-corrected chi connectivity index (χ3v) is 2.73. The van der Waals surface area contributed by atoms with Crippen LogP contribution in [0.4, 0.5) is 0 Å². The minimum Gasteiger partial charge on any atom is -0.481 e. The molecule has 0 aromatic rings. The van der Waals surface area contributed by atoms with Gasteiger partial charge >= 0.3 is 5.97 Å². The highest BCUT2D eigenvalue weighted by Crippen LogP contribution is 2.01. The third-order valence-electron chi connectivity index (χ3n) is 2.73. The van der Waals surface area contributed by atoms with E-state index in [0.29, 0.717) is 0 Å². The first kappa shape index (κ1) is 18.4. The molecule has 2 nitrogen and oxygen atoms in total. The van der Waals surface area contributed by atoms with Gasteiger partial charge in [0, 0.05) is 6.42 Å². The van der Waals surface area contributed by atoms with Gasteiger partial charge in [-0.1, -0.05) is 55.5 Å². The molecule has 0 rings (SSSR count). The second-order valence-electron chi connectivity index (χ2n) is 4.64. The fraction of sp³-hybridized carbons (Fsp3) is 0.500. The normalized spacial score (nSPS) is 12.4. The standard InChI is InChI=1S/C18H28O2/c1-2-3-4-5-6-7-8-9-10-11-12-13-14-15-16-17-18(19)20/h3-4,6-7,9-10,12-13H,2,5,8,11,14-17H2,1H3,(H,19,20)/b4-3?,7-6-,10-9?,13-12?. The Morgan fingerprint density at radius 3 is 1.80 bits per heavy atom. The number of carboxylic acid groups (broad SMARTS) is 1. The van der Waals surface area contributed by atoms with Crippen LogP contribution in [0.5, 0.6) is 0 Å². The summed E-state index contributed by atoms with van der Waals surface area (Å²) >= 11 is 0. The lowest BCUT2D eigenvalue weighted by atomic mass is 10.2. The Bertz CT molecular complexity index is 335. The Hall–Kier alpha value is -1.57. The van der Waals surface area contributed by atoms with E-state index in [2.05, 4.69) is 55.5 Å². The predicted molar refractivity (Wildman–Crippen MR) is 86.8 cm³/mol. The maximum Gasteiger partial charge on any atom is 0.303 e. The molecule has 1 N–H and O–H groups in total. The van der Waals surface area contributed by atoms with E-state index in [-0.39, 0.29) is 6.42 Å². The van der Waals surface area contributed by atoms with E-state index < -0.39 is 5.97 Å². The molecule has 0 heterocycles. The van der Waals surface area contributed by atoms with Gasteiger partial charge in [0.2, 0.25) is 0 Å². The Kier molecular flexibility index (Phi) is 14.3. The van der Waals surface area contributed by atoms with Crippen LogP contribution in [0.15, 0.2) is 48.6 Å². The molecule has 0 aromatic carbocycles. The molecule has 0 amide bonds. The molecular formula is C18H28O2. The highest BCUT2D eigenvalue weighted by molar-refractivity contribution is 5.66. The summed E-state index contributed by atoms with van der Waals surface area (Å²) in [4.78, 5) is 10.3. The van der Waals surface area contributed by atoms with Crippen molar-refractivity contribution in [2.24, 2.45) is 0 Å². The molecule has 0 spiro atoms. The van der Waals surface area contributed by atoms with Gasteiger partial charge in [-0.25, -0.2) is 0 Å². The summed E-state index contributed by atoms with van der Waals surface area (Å²) in [5.74, 6) is -0.699. The topological polar surface area (TPSA) is 37.3 Å². The van der Waals surface area contributed by atoms with Crippen LogP contribution in [0.25, 0.3) is 0 Å². The van der Waals surface area contributed by atoms with Crippen molar-refractivity contribution in [3.8, 4) is 0 Å². The largest absolute Gasteiger partial charge is 0.481 e. The Morgan fingerprint density at radius 1 is 0.800 bits per heavy atom. The lowest BCUT2D eigenvalue weighted by Gasteiger charge is -1.92. The maximum absolute atomic E-state index is 10.3. The van der Waals surface area contributed by atoms with Crippen molar-refractivity contribution in [2.75, 3.05) is 0 Å². The second-order valence-corrected chi connectivity index (χ2v) is 4.64. The number of hydrogen-bond acceptors (Lipinski definition) is 1. The Labute approximate surface area is 123 Å². The van der Waals surface area contributed by atoms with Crippen molar-refractivity contribution in [3.05, 3.63) is 48.6 Å². The molecule has 0 aliphatic heterocycles. The molecule has 0 unspecified atom stereocenters. The lowest BCUT2D eigenvalue weighted by Crippen LogP contribution is -1.92. The molecule has 0 atom stereocenters. The minimum atomic E-state index is -0.699. The van der Waals surface area contributed by atoms with Crippen LogP contribution in [0.3, 0.4) is 0 Å². The zero-order valence-corrected chi connectivity index (χ0v) is 12.6. The van der Waals surface area contributed by atoms with Gasteiger partial charge in [0.25, 0.3) is 0 Å². The average molecular weight is 276 g/mol. The van der Waals surface area contributed by atoms with E-state index in [1.807, 2.05) is 0 Å². The van der Waals surface area contributed by atoms with Crippen LogP contribution in [0, 0.1) is 0 Å². The van der Waals surface area contributed by atoms with Crippen molar-refractivity contribution < 1.29 is 9.90 Å². The number of allylic oxidation sites excluding steroid dienone is 8. The van der Waals surface area contributed by atoms with Gasteiger partial charge in [0.1, 0.15) is 0 Å². The fourth-order valence-corrected chi connectivity index (χ4v) is 1.64. The number of aliphatic carboxylic acids is 1. The Morgan fingerprint density at radius 2 is 1.30 bits per heavy atom. The molecule has 112 valence electrons. The van der Waals surface area contributed by atoms with Crippen molar-refractivity contribution in [3.63, 3.8) is 0 Å². The first-order chi connectivity index (χ1) is 9.77. The zero-order chi connectivity index (χ0) is 14.9. The highest BCUT2D eigenvalue weighted by atomic mass is 16.4. The van der Waals surface area contributed by atoms with Crippen LogP contribution in [-0.2, 0) is 4.79 Å². The SMILES string of the molecule is CCC=CC/C=C\CC=CCC=CCCCCC(=O)O. The van der Waals surface area contributed by atoms with E-state index in [1.165, 1.54) is 0 Å². The van der Waals surface area contributed by atoms with Crippen molar-refractivity contribution in [2.45, 2.75) is 58.3 Å². The summed E-state index contributed by atoms with van der Waals surface area (Å²) in [5, 5.41) is 8.48. The molecule has 2 heteroatoms.